The lowest BCUT2D eigenvalue weighted by atomic mass is 9.99. The number of aryl methyl sites for hydroxylation is 3. The summed E-state index contributed by atoms with van der Waals surface area (Å²) in [5, 5.41) is 14.6. The Kier molecular flexibility index (Phi) is 6.24. The summed E-state index contributed by atoms with van der Waals surface area (Å²) >= 11 is 2.76. The molecule has 0 fully saturated rings. The molecule has 9 heteroatoms. The molecule has 0 unspecified atom stereocenters. The Balaban J connectivity index is 1.41. The van der Waals surface area contributed by atoms with Gasteiger partial charge < -0.3 is 9.73 Å². The summed E-state index contributed by atoms with van der Waals surface area (Å²) in [5.41, 5.74) is 5.63. The van der Waals surface area contributed by atoms with E-state index in [0.29, 0.717) is 28.4 Å². The Bertz CT molecular complexity index is 1210. The number of hydrogen-bond donors (Lipinski definition) is 1. The van der Waals surface area contributed by atoms with Crippen LogP contribution in [0.2, 0.25) is 0 Å². The monoisotopic (exact) mass is 453 g/mol. The average molecular weight is 454 g/mol. The fourth-order valence-electron chi connectivity index (χ4n) is 3.25. The number of thiazole rings is 1. The van der Waals surface area contributed by atoms with Gasteiger partial charge in [0.05, 0.1) is 17.7 Å². The van der Waals surface area contributed by atoms with Gasteiger partial charge in [-0.05, 0) is 62.6 Å². The van der Waals surface area contributed by atoms with Crippen LogP contribution in [0.15, 0.2) is 45.5 Å². The van der Waals surface area contributed by atoms with Crippen LogP contribution in [0.1, 0.15) is 23.6 Å². The van der Waals surface area contributed by atoms with Gasteiger partial charge in [0.15, 0.2) is 21.9 Å². The maximum atomic E-state index is 12.5. The van der Waals surface area contributed by atoms with Crippen LogP contribution in [-0.2, 0) is 11.3 Å². The third-order valence-electron chi connectivity index (χ3n) is 4.97. The van der Waals surface area contributed by atoms with E-state index in [0.717, 1.165) is 11.3 Å². The highest BCUT2D eigenvalue weighted by Crippen LogP contribution is 2.30. The molecule has 0 aliphatic heterocycles. The molecule has 0 radical (unpaired) electrons. The van der Waals surface area contributed by atoms with Gasteiger partial charge in [0, 0.05) is 17.5 Å². The zero-order valence-corrected chi connectivity index (χ0v) is 19.4. The predicted octanol–water partition coefficient (Wildman–Crippen LogP) is 5.34. The van der Waals surface area contributed by atoms with Gasteiger partial charge in [-0.25, -0.2) is 4.98 Å². The van der Waals surface area contributed by atoms with E-state index in [1.54, 1.807) is 6.26 Å². The quantitative estimate of drug-likeness (QED) is 0.380. The van der Waals surface area contributed by atoms with Crippen LogP contribution in [0, 0.1) is 20.8 Å². The van der Waals surface area contributed by atoms with Gasteiger partial charge >= 0.3 is 0 Å². The minimum Gasteiger partial charge on any atom is -0.461 e. The number of rotatable bonds is 7. The van der Waals surface area contributed by atoms with Crippen molar-refractivity contribution in [1.82, 2.24) is 19.7 Å². The van der Waals surface area contributed by atoms with Crippen LogP contribution < -0.4 is 5.32 Å². The lowest BCUT2D eigenvalue weighted by Crippen LogP contribution is -2.14. The number of thioether (sulfide) groups is 1. The molecule has 1 amide bonds. The van der Waals surface area contributed by atoms with Gasteiger partial charge in [-0.2, -0.15) is 0 Å². The first-order chi connectivity index (χ1) is 15.0. The molecule has 160 valence electrons. The lowest BCUT2D eigenvalue weighted by Gasteiger charge is -2.07. The largest absolute Gasteiger partial charge is 0.461 e. The van der Waals surface area contributed by atoms with Crippen molar-refractivity contribution in [3.63, 3.8) is 0 Å². The molecule has 0 spiro atoms. The summed E-state index contributed by atoms with van der Waals surface area (Å²) in [4.78, 5) is 17.1. The van der Waals surface area contributed by atoms with Crippen LogP contribution in [0.3, 0.4) is 0 Å². The van der Waals surface area contributed by atoms with Gasteiger partial charge in [-0.15, -0.1) is 21.5 Å². The number of carbonyl (C=O) groups excluding carboxylic acids is 1. The van der Waals surface area contributed by atoms with Crippen molar-refractivity contribution in [3.05, 3.63) is 52.6 Å². The highest BCUT2D eigenvalue weighted by atomic mass is 32.2. The Morgan fingerprint density at radius 2 is 2.00 bits per heavy atom. The molecule has 7 nitrogen and oxygen atoms in total. The highest BCUT2D eigenvalue weighted by molar-refractivity contribution is 7.99. The Morgan fingerprint density at radius 1 is 1.19 bits per heavy atom. The zero-order valence-electron chi connectivity index (χ0n) is 17.8. The van der Waals surface area contributed by atoms with E-state index >= 15 is 0 Å². The number of carbonyl (C=O) groups is 1. The van der Waals surface area contributed by atoms with Crippen molar-refractivity contribution in [1.29, 1.82) is 0 Å². The first-order valence-corrected chi connectivity index (χ1v) is 11.8. The molecule has 1 aromatic carbocycles. The molecular formula is C22H23N5O2S2. The first-order valence-electron chi connectivity index (χ1n) is 9.89. The fraction of sp³-hybridized carbons (Fsp3) is 0.273. The second-order valence-electron chi connectivity index (χ2n) is 7.15. The van der Waals surface area contributed by atoms with E-state index in [1.165, 1.54) is 39.8 Å². The molecule has 3 aromatic heterocycles. The summed E-state index contributed by atoms with van der Waals surface area (Å²) in [6.45, 7) is 8.96. The summed E-state index contributed by atoms with van der Waals surface area (Å²) < 4.78 is 7.35. The predicted molar refractivity (Wildman–Crippen MR) is 125 cm³/mol. The molecule has 1 N–H and O–H groups in total. The Morgan fingerprint density at radius 3 is 2.74 bits per heavy atom. The number of amides is 1. The smallest absolute Gasteiger partial charge is 0.236 e. The van der Waals surface area contributed by atoms with Crippen LogP contribution in [0.25, 0.3) is 22.8 Å². The van der Waals surface area contributed by atoms with Crippen LogP contribution >= 0.6 is 23.1 Å². The molecule has 31 heavy (non-hydrogen) atoms. The minimum absolute atomic E-state index is 0.132. The normalized spacial score (nSPS) is 11.1. The van der Waals surface area contributed by atoms with Crippen molar-refractivity contribution in [2.45, 2.75) is 39.4 Å². The van der Waals surface area contributed by atoms with E-state index in [9.17, 15) is 4.79 Å². The number of hydrogen-bond acceptors (Lipinski definition) is 7. The number of benzene rings is 1. The van der Waals surface area contributed by atoms with E-state index < -0.39 is 0 Å². The number of nitrogens with zero attached hydrogens (tertiary/aromatic N) is 4. The molecule has 0 atom stereocenters. The molecule has 0 aliphatic rings. The molecule has 3 heterocycles. The molecule has 0 bridgehead atoms. The van der Waals surface area contributed by atoms with Crippen molar-refractivity contribution in [2.24, 2.45) is 0 Å². The van der Waals surface area contributed by atoms with Crippen LogP contribution in [0.4, 0.5) is 5.13 Å². The van der Waals surface area contributed by atoms with Gasteiger partial charge in [-0.3, -0.25) is 9.36 Å². The van der Waals surface area contributed by atoms with Crippen molar-refractivity contribution in [3.8, 4) is 22.8 Å². The summed E-state index contributed by atoms with van der Waals surface area (Å²) in [7, 11) is 0. The molecular weight excluding hydrogens is 430 g/mol. The van der Waals surface area contributed by atoms with Crippen molar-refractivity contribution in [2.75, 3.05) is 11.1 Å². The topological polar surface area (TPSA) is 85.8 Å². The SMILES string of the molecule is CCn1c(SCC(=O)Nc2nc(-c3cc(C)c(C)cc3C)cs2)nnc1-c1ccco1. The molecule has 4 rings (SSSR count). The van der Waals surface area contributed by atoms with Crippen LogP contribution in [-0.4, -0.2) is 31.4 Å². The molecule has 4 aromatic rings. The Labute approximate surface area is 188 Å². The standard InChI is InChI=1S/C22H23N5O2S2/c1-5-27-20(18-7-6-8-29-18)25-26-22(27)31-12-19(28)24-21-23-17(11-30-21)16-10-14(3)13(2)9-15(16)4/h6-11H,5,12H2,1-4H3,(H,23,24,28). The number of furan rings is 1. The number of aromatic nitrogens is 4. The highest BCUT2D eigenvalue weighted by Gasteiger charge is 2.17. The summed E-state index contributed by atoms with van der Waals surface area (Å²) in [5.74, 6) is 1.40. The van der Waals surface area contributed by atoms with E-state index in [4.69, 9.17) is 4.42 Å². The van der Waals surface area contributed by atoms with Gasteiger partial charge in [0.1, 0.15) is 0 Å². The van der Waals surface area contributed by atoms with E-state index in [1.807, 2.05) is 29.0 Å². The van der Waals surface area contributed by atoms with Crippen LogP contribution in [0.5, 0.6) is 0 Å². The van der Waals surface area contributed by atoms with Gasteiger partial charge in [0.2, 0.25) is 5.91 Å². The molecule has 0 saturated heterocycles. The van der Waals surface area contributed by atoms with Gasteiger partial charge in [-0.1, -0.05) is 17.8 Å². The zero-order chi connectivity index (χ0) is 22.0. The van der Waals surface area contributed by atoms with Crippen molar-refractivity contribution < 1.29 is 9.21 Å². The van der Waals surface area contributed by atoms with E-state index in [2.05, 4.69) is 53.4 Å². The number of nitrogens with one attached hydrogen (secondary N) is 1. The van der Waals surface area contributed by atoms with Gasteiger partial charge in [0.25, 0.3) is 0 Å². The summed E-state index contributed by atoms with van der Waals surface area (Å²) in [6, 6.07) is 7.97. The lowest BCUT2D eigenvalue weighted by molar-refractivity contribution is -0.113. The Hall–Kier alpha value is -2.91. The third-order valence-corrected chi connectivity index (χ3v) is 6.70. The maximum Gasteiger partial charge on any atom is 0.236 e. The molecule has 0 aliphatic carbocycles. The first kappa shape index (κ1) is 21.3. The second-order valence-corrected chi connectivity index (χ2v) is 8.95. The maximum absolute atomic E-state index is 12.5. The third kappa shape index (κ3) is 4.57. The second kappa shape index (κ2) is 9.07. The number of anilines is 1. The molecule has 0 saturated carbocycles. The van der Waals surface area contributed by atoms with Crippen molar-refractivity contribution >= 4 is 34.1 Å². The average Bonchev–Trinajstić information content (AvgIpc) is 3.49. The summed E-state index contributed by atoms with van der Waals surface area (Å²) in [6.07, 6.45) is 1.60. The fourth-order valence-corrected chi connectivity index (χ4v) is 4.77. The van der Waals surface area contributed by atoms with E-state index in [-0.39, 0.29) is 11.7 Å². The minimum atomic E-state index is -0.132.